The number of benzene rings is 1. The predicted molar refractivity (Wildman–Crippen MR) is 84.3 cm³/mol. The first kappa shape index (κ1) is 16.5. The van der Waals surface area contributed by atoms with Crippen LogP contribution in [0.5, 0.6) is 0 Å². The van der Waals surface area contributed by atoms with E-state index in [0.717, 1.165) is 6.07 Å². The van der Waals surface area contributed by atoms with Gasteiger partial charge >= 0.3 is 6.18 Å². The van der Waals surface area contributed by atoms with Crippen LogP contribution in [0.25, 0.3) is 16.9 Å². The molecule has 0 aliphatic carbocycles. The van der Waals surface area contributed by atoms with E-state index in [-0.39, 0.29) is 5.65 Å². The average Bonchev–Trinajstić information content (AvgIpc) is 2.85. The Kier molecular flexibility index (Phi) is 3.66. The third-order valence-corrected chi connectivity index (χ3v) is 3.76. The van der Waals surface area contributed by atoms with Gasteiger partial charge in [0.25, 0.3) is 0 Å². The molecule has 0 atom stereocenters. The summed E-state index contributed by atoms with van der Waals surface area (Å²) < 4.78 is 55.0. The summed E-state index contributed by atoms with van der Waals surface area (Å²) in [6, 6.07) is 8.09. The van der Waals surface area contributed by atoms with Crippen molar-refractivity contribution in [3.63, 3.8) is 0 Å². The zero-order chi connectivity index (χ0) is 17.7. The highest BCUT2D eigenvalue weighted by atomic mass is 19.4. The monoisotopic (exact) mass is 336 g/mol. The second-order valence-electron chi connectivity index (χ2n) is 6.68. The lowest BCUT2D eigenvalue weighted by molar-refractivity contribution is -0.136. The van der Waals surface area contributed by atoms with E-state index < -0.39 is 23.0 Å². The van der Waals surface area contributed by atoms with Crippen molar-refractivity contribution in [3.8, 4) is 11.3 Å². The van der Waals surface area contributed by atoms with Gasteiger partial charge in [0.1, 0.15) is 11.5 Å². The first-order valence-electron chi connectivity index (χ1n) is 7.44. The Morgan fingerprint density at radius 3 is 2.29 bits per heavy atom. The molecule has 0 spiro atoms. The van der Waals surface area contributed by atoms with Crippen LogP contribution in [0, 0.1) is 5.82 Å². The van der Waals surface area contributed by atoms with E-state index in [2.05, 4.69) is 4.98 Å². The topological polar surface area (TPSA) is 17.3 Å². The highest BCUT2D eigenvalue weighted by molar-refractivity contribution is 5.69. The Bertz CT molecular complexity index is 902. The van der Waals surface area contributed by atoms with Gasteiger partial charge in [-0.3, -0.25) is 0 Å². The van der Waals surface area contributed by atoms with Crippen LogP contribution in [0.3, 0.4) is 0 Å². The van der Waals surface area contributed by atoms with Crippen LogP contribution in [-0.2, 0) is 11.6 Å². The largest absolute Gasteiger partial charge is 0.419 e. The van der Waals surface area contributed by atoms with Crippen LogP contribution in [0.2, 0.25) is 0 Å². The summed E-state index contributed by atoms with van der Waals surface area (Å²) in [4.78, 5) is 4.23. The Balaban J connectivity index is 2.41. The molecule has 24 heavy (non-hydrogen) atoms. The van der Waals surface area contributed by atoms with Gasteiger partial charge in [0.05, 0.1) is 17.0 Å². The van der Waals surface area contributed by atoms with Crippen LogP contribution in [0.1, 0.15) is 32.0 Å². The Labute approximate surface area is 136 Å². The molecule has 1 aromatic carbocycles. The third kappa shape index (κ3) is 2.77. The minimum absolute atomic E-state index is 0.172. The molecule has 2 aromatic heterocycles. The van der Waals surface area contributed by atoms with E-state index in [1.165, 1.54) is 28.7 Å². The highest BCUT2D eigenvalue weighted by Crippen LogP contribution is 2.38. The molecule has 0 N–H and O–H groups in total. The van der Waals surface area contributed by atoms with Crippen molar-refractivity contribution in [2.24, 2.45) is 0 Å². The third-order valence-electron chi connectivity index (χ3n) is 3.76. The lowest BCUT2D eigenvalue weighted by atomic mass is 9.89. The van der Waals surface area contributed by atoms with Crippen LogP contribution >= 0.6 is 0 Å². The fraction of sp³-hybridized carbons (Fsp3) is 0.278. The SMILES string of the molecule is CC(C)(C)c1c(-c2cccc(F)c2)nc2c(C(F)(F)F)cccn12. The second-order valence-corrected chi connectivity index (χ2v) is 6.68. The molecule has 0 aliphatic heterocycles. The molecule has 6 heteroatoms. The van der Waals surface area contributed by atoms with Gasteiger partial charge in [-0.2, -0.15) is 13.2 Å². The van der Waals surface area contributed by atoms with Crippen LogP contribution in [0.4, 0.5) is 17.6 Å². The molecule has 126 valence electrons. The molecule has 0 bridgehead atoms. The van der Waals surface area contributed by atoms with E-state index >= 15 is 0 Å². The van der Waals surface area contributed by atoms with E-state index in [0.29, 0.717) is 17.0 Å². The zero-order valence-electron chi connectivity index (χ0n) is 13.4. The number of hydrogen-bond donors (Lipinski definition) is 0. The van der Waals surface area contributed by atoms with Crippen LogP contribution in [0.15, 0.2) is 42.6 Å². The summed E-state index contributed by atoms with van der Waals surface area (Å²) in [6.07, 6.45) is -2.96. The van der Waals surface area contributed by atoms with Gasteiger partial charge in [-0.25, -0.2) is 9.37 Å². The van der Waals surface area contributed by atoms with Crippen molar-refractivity contribution in [2.45, 2.75) is 32.4 Å². The molecule has 0 radical (unpaired) electrons. The number of aromatic nitrogens is 2. The number of fused-ring (bicyclic) bond motifs is 1. The van der Waals surface area contributed by atoms with Gasteiger partial charge in [-0.15, -0.1) is 0 Å². The minimum Gasteiger partial charge on any atom is -0.302 e. The first-order valence-corrected chi connectivity index (χ1v) is 7.44. The maximum absolute atomic E-state index is 13.6. The van der Waals surface area contributed by atoms with Gasteiger partial charge in [-0.1, -0.05) is 32.9 Å². The molecule has 0 saturated heterocycles. The van der Waals surface area contributed by atoms with E-state index in [9.17, 15) is 17.6 Å². The number of rotatable bonds is 1. The molecule has 2 nitrogen and oxygen atoms in total. The first-order chi connectivity index (χ1) is 11.1. The Hall–Kier alpha value is -2.37. The van der Waals surface area contributed by atoms with E-state index in [4.69, 9.17) is 0 Å². The van der Waals surface area contributed by atoms with Gasteiger partial charge in [-0.05, 0) is 24.3 Å². The van der Waals surface area contributed by atoms with Gasteiger partial charge < -0.3 is 4.40 Å². The van der Waals surface area contributed by atoms with Crippen molar-refractivity contribution in [1.82, 2.24) is 9.38 Å². The number of imidazole rings is 1. The molecule has 3 aromatic rings. The zero-order valence-corrected chi connectivity index (χ0v) is 13.4. The smallest absolute Gasteiger partial charge is 0.302 e. The van der Waals surface area contributed by atoms with Crippen molar-refractivity contribution < 1.29 is 17.6 Å². The Morgan fingerprint density at radius 2 is 1.71 bits per heavy atom. The molecular formula is C18H16F4N2. The molecule has 0 aliphatic rings. The standard InChI is InChI=1S/C18H16F4N2/c1-17(2,3)15-14(11-6-4-7-12(19)10-11)23-16-13(18(20,21)22)8-5-9-24(15)16/h4-10H,1-3H3. The Morgan fingerprint density at radius 1 is 1.00 bits per heavy atom. The summed E-state index contributed by atoms with van der Waals surface area (Å²) in [5.74, 6) is -0.458. The summed E-state index contributed by atoms with van der Waals surface area (Å²) in [6.45, 7) is 5.67. The number of alkyl halides is 3. The van der Waals surface area contributed by atoms with Gasteiger partial charge in [0, 0.05) is 17.2 Å². The van der Waals surface area contributed by atoms with E-state index in [1.807, 2.05) is 20.8 Å². The number of hydrogen-bond acceptors (Lipinski definition) is 1. The number of pyridine rings is 1. The van der Waals surface area contributed by atoms with Crippen LogP contribution < -0.4 is 0 Å². The number of nitrogens with zero attached hydrogens (tertiary/aromatic N) is 2. The number of halogens is 4. The van der Waals surface area contributed by atoms with Gasteiger partial charge in [0.15, 0.2) is 0 Å². The summed E-state index contributed by atoms with van der Waals surface area (Å²) in [5, 5.41) is 0. The maximum Gasteiger partial charge on any atom is 0.419 e. The fourth-order valence-corrected chi connectivity index (χ4v) is 2.84. The van der Waals surface area contributed by atoms with Crippen LogP contribution in [-0.4, -0.2) is 9.38 Å². The quantitative estimate of drug-likeness (QED) is 0.540. The molecule has 0 unspecified atom stereocenters. The minimum atomic E-state index is -4.51. The highest BCUT2D eigenvalue weighted by Gasteiger charge is 2.36. The lowest BCUT2D eigenvalue weighted by Gasteiger charge is -2.20. The molecule has 0 saturated carbocycles. The molecule has 2 heterocycles. The molecular weight excluding hydrogens is 320 g/mol. The second kappa shape index (κ2) is 5.33. The lowest BCUT2D eigenvalue weighted by Crippen LogP contribution is -2.16. The van der Waals surface area contributed by atoms with Gasteiger partial charge in [0.2, 0.25) is 0 Å². The summed E-state index contributed by atoms with van der Waals surface area (Å²) >= 11 is 0. The van der Waals surface area contributed by atoms with Crippen molar-refractivity contribution >= 4 is 5.65 Å². The summed E-state index contributed by atoms with van der Waals surface area (Å²) in [7, 11) is 0. The predicted octanol–water partition coefficient (Wildman–Crippen LogP) is 5.46. The molecule has 3 rings (SSSR count). The normalized spacial score (nSPS) is 12.8. The summed E-state index contributed by atoms with van der Waals surface area (Å²) in [5.41, 5.74) is -0.0392. The average molecular weight is 336 g/mol. The van der Waals surface area contributed by atoms with Crippen molar-refractivity contribution in [1.29, 1.82) is 0 Å². The van der Waals surface area contributed by atoms with Crippen molar-refractivity contribution in [3.05, 3.63) is 59.7 Å². The fourth-order valence-electron chi connectivity index (χ4n) is 2.84. The van der Waals surface area contributed by atoms with Crippen molar-refractivity contribution in [2.75, 3.05) is 0 Å². The molecule has 0 amide bonds. The van der Waals surface area contributed by atoms with E-state index in [1.54, 1.807) is 12.3 Å². The molecule has 0 fully saturated rings. The maximum atomic E-state index is 13.6.